The summed E-state index contributed by atoms with van der Waals surface area (Å²) in [6.45, 7) is 3.73. The van der Waals surface area contributed by atoms with Crippen molar-refractivity contribution in [2.45, 2.75) is 115 Å². The Bertz CT molecular complexity index is 1810. The molecule has 334 valence electrons. The van der Waals surface area contributed by atoms with Crippen LogP contribution in [0.3, 0.4) is 0 Å². The van der Waals surface area contributed by atoms with Crippen LogP contribution in [-0.2, 0) is 54.5 Å². The topological polar surface area (TPSA) is 296 Å². The third-order valence-electron chi connectivity index (χ3n) is 10.5. The highest BCUT2D eigenvalue weighted by Gasteiger charge is 2.48. The molecule has 0 bridgehead atoms. The quantitative estimate of drug-likeness (QED) is 0.0569. The zero-order chi connectivity index (χ0) is 44.7. The number of urea groups is 1. The Hall–Kier alpha value is -5.73. The lowest BCUT2D eigenvalue weighted by Crippen LogP contribution is -2.54. The Labute approximate surface area is 357 Å². The monoisotopic (exact) mass is 872 g/mol. The van der Waals surface area contributed by atoms with Gasteiger partial charge in [0.2, 0.25) is 23.6 Å². The van der Waals surface area contributed by atoms with Crippen molar-refractivity contribution in [1.82, 2.24) is 25.9 Å². The molecule has 1 aromatic rings. The number of ether oxygens (including phenoxy) is 1. The minimum Gasteiger partial charge on any atom is -0.445 e. The predicted molar refractivity (Wildman–Crippen MR) is 219 cm³/mol. The van der Waals surface area contributed by atoms with Crippen LogP contribution in [0.15, 0.2) is 24.3 Å². The minimum atomic E-state index is -0.956. The maximum absolute atomic E-state index is 13.5. The summed E-state index contributed by atoms with van der Waals surface area (Å²) in [5, 5.41) is 10.9. The first-order valence-electron chi connectivity index (χ1n) is 20.4. The van der Waals surface area contributed by atoms with Gasteiger partial charge in [0, 0.05) is 50.2 Å². The number of likely N-dealkylation sites (tertiary alicyclic amines) is 1. The summed E-state index contributed by atoms with van der Waals surface area (Å²) in [5.41, 5.74) is 11.0. The maximum atomic E-state index is 13.5. The number of carbonyl (C=O) groups excluding carboxylic acids is 10. The van der Waals surface area contributed by atoms with E-state index in [0.717, 1.165) is 12.8 Å². The van der Waals surface area contributed by atoms with Gasteiger partial charge < -0.3 is 42.3 Å². The summed E-state index contributed by atoms with van der Waals surface area (Å²) >= 11 is 1.32. The third-order valence-corrected chi connectivity index (χ3v) is 12.0. The second kappa shape index (κ2) is 22.8. The number of anilines is 1. The van der Waals surface area contributed by atoms with E-state index >= 15 is 0 Å². The number of rotatable bonds is 26. The van der Waals surface area contributed by atoms with Gasteiger partial charge in [0.25, 0.3) is 11.8 Å². The lowest BCUT2D eigenvalue weighted by atomic mass is 10.0. The van der Waals surface area contributed by atoms with Gasteiger partial charge >= 0.3 is 18.1 Å². The molecule has 21 heteroatoms. The molecular formula is C40H56N8O12S. The van der Waals surface area contributed by atoms with Crippen molar-refractivity contribution in [1.29, 1.82) is 0 Å². The van der Waals surface area contributed by atoms with Crippen LogP contribution in [-0.4, -0.2) is 112 Å². The van der Waals surface area contributed by atoms with Crippen LogP contribution in [0.1, 0.15) is 96.5 Å². The van der Waals surface area contributed by atoms with Crippen LogP contribution in [0.25, 0.3) is 0 Å². The first-order chi connectivity index (χ1) is 29.0. The Morgan fingerprint density at radius 2 is 1.59 bits per heavy atom. The van der Waals surface area contributed by atoms with Crippen molar-refractivity contribution < 1.29 is 57.5 Å². The van der Waals surface area contributed by atoms with Gasteiger partial charge in [-0.25, -0.2) is 14.4 Å². The molecule has 1 saturated carbocycles. The summed E-state index contributed by atoms with van der Waals surface area (Å²) in [4.78, 5) is 130. The molecule has 3 atom stereocenters. The van der Waals surface area contributed by atoms with Crippen LogP contribution in [0.5, 0.6) is 0 Å². The number of amides is 9. The normalized spacial score (nSPS) is 17.8. The summed E-state index contributed by atoms with van der Waals surface area (Å²) in [6.07, 6.45) is 2.61. The summed E-state index contributed by atoms with van der Waals surface area (Å²) in [5.74, 6) is -3.54. The van der Waals surface area contributed by atoms with Gasteiger partial charge in [-0.05, 0) is 67.6 Å². The Balaban J connectivity index is 1.18. The molecule has 0 spiro atoms. The molecule has 2 saturated heterocycles. The summed E-state index contributed by atoms with van der Waals surface area (Å²) < 4.78 is 4.77. The smallest absolute Gasteiger partial charge is 0.404 e. The van der Waals surface area contributed by atoms with Crippen molar-refractivity contribution in [3.05, 3.63) is 29.8 Å². The number of carbonyl (C=O) groups is 10. The number of Topliss-reactive ketones (excluding diaryl/α,β-unsaturated/α-hetero) is 1. The number of hydrogen-bond acceptors (Lipinski definition) is 14. The van der Waals surface area contributed by atoms with Gasteiger partial charge in [-0.1, -0.05) is 32.4 Å². The molecule has 8 N–H and O–H groups in total. The van der Waals surface area contributed by atoms with E-state index in [1.54, 1.807) is 38.1 Å². The van der Waals surface area contributed by atoms with Crippen molar-refractivity contribution in [2.75, 3.05) is 30.7 Å². The van der Waals surface area contributed by atoms with Crippen LogP contribution in [0, 0.1) is 11.3 Å². The number of thioether (sulfide) groups is 1. The fourth-order valence-electron chi connectivity index (χ4n) is 6.73. The van der Waals surface area contributed by atoms with E-state index in [1.165, 1.54) is 16.7 Å². The first kappa shape index (κ1) is 47.9. The van der Waals surface area contributed by atoms with Gasteiger partial charge in [0.15, 0.2) is 5.78 Å². The van der Waals surface area contributed by atoms with Crippen molar-refractivity contribution in [2.24, 2.45) is 22.8 Å². The number of benzene rings is 1. The number of hydroxylamine groups is 2. The highest BCUT2D eigenvalue weighted by Crippen LogP contribution is 2.52. The Kier molecular flexibility index (Phi) is 17.9. The summed E-state index contributed by atoms with van der Waals surface area (Å²) in [7, 11) is 0. The fourth-order valence-corrected chi connectivity index (χ4v) is 8.21. The van der Waals surface area contributed by atoms with E-state index in [9.17, 15) is 47.9 Å². The van der Waals surface area contributed by atoms with E-state index in [4.69, 9.17) is 21.0 Å². The van der Waals surface area contributed by atoms with E-state index in [-0.39, 0.29) is 94.2 Å². The molecule has 2 heterocycles. The standard InChI is InChI=1S/C40H56N8O12S/c1-24(2)35(36(55)45-27(7-6-17-43-38(41)57)28(49)21-44-26-11-9-25(10-12-26)22-59-39(42)58)46-30(50)8-4-3-5-18-47-33(53)19-29(37(47)56)61-23-40(15-16-40)20-34(54)60-48-31(51)13-14-32(48)52/h9-12,24,27,29,35,44H,3-8,13-23H2,1-2H3,(H2,42,58)(H,45,55)(H,46,50)(H3,41,43,57)/t27?,29?,35-/m0/s1. The van der Waals surface area contributed by atoms with E-state index in [1.807, 2.05) is 0 Å². The second-order valence-electron chi connectivity index (χ2n) is 15.8. The first-order valence-corrected chi connectivity index (χ1v) is 21.4. The number of nitrogens with zero attached hydrogens (tertiary/aromatic N) is 2. The minimum absolute atomic E-state index is 0.00152. The van der Waals surface area contributed by atoms with Crippen LogP contribution >= 0.6 is 11.8 Å². The number of nitrogens with one attached hydrogen (secondary N) is 4. The fraction of sp³-hybridized carbons (Fsp3) is 0.600. The van der Waals surface area contributed by atoms with Crippen LogP contribution in [0.4, 0.5) is 15.3 Å². The highest BCUT2D eigenvalue weighted by molar-refractivity contribution is 8.00. The van der Waals surface area contributed by atoms with Gasteiger partial charge in [0.05, 0.1) is 24.3 Å². The molecule has 9 amide bonds. The third kappa shape index (κ3) is 15.4. The lowest BCUT2D eigenvalue weighted by Gasteiger charge is -2.25. The SMILES string of the molecule is CC(C)[C@H](NC(=O)CCCCCN1C(=O)CC(SCC2(CC(=O)ON3C(=O)CCC3=O)CC2)C1=O)C(=O)NC(CCCNC(N)=O)C(=O)CNc1ccc(COC(N)=O)cc1. The number of hydrogen-bond donors (Lipinski definition) is 6. The second-order valence-corrected chi connectivity index (χ2v) is 17.0. The Morgan fingerprint density at radius 1 is 0.902 bits per heavy atom. The molecule has 61 heavy (non-hydrogen) atoms. The number of ketones is 1. The van der Waals surface area contributed by atoms with Crippen molar-refractivity contribution in [3.63, 3.8) is 0 Å². The van der Waals surface area contributed by atoms with E-state index in [0.29, 0.717) is 47.8 Å². The molecule has 0 aromatic heterocycles. The highest BCUT2D eigenvalue weighted by atomic mass is 32.2. The molecule has 2 unspecified atom stereocenters. The molecule has 4 rings (SSSR count). The number of nitrogens with two attached hydrogens (primary N) is 2. The number of primary amides is 2. The molecule has 1 aliphatic carbocycles. The molecule has 20 nitrogen and oxygen atoms in total. The molecule has 1 aromatic carbocycles. The maximum Gasteiger partial charge on any atom is 0.404 e. The summed E-state index contributed by atoms with van der Waals surface area (Å²) in [6, 6.07) is 4.12. The molecular weight excluding hydrogens is 817 g/mol. The van der Waals surface area contributed by atoms with Crippen molar-refractivity contribution in [3.8, 4) is 0 Å². The predicted octanol–water partition coefficient (Wildman–Crippen LogP) is 1.54. The average Bonchev–Trinajstić information content (AvgIpc) is 3.82. The number of imide groups is 2. The zero-order valence-corrected chi connectivity index (χ0v) is 35.3. The molecule has 0 radical (unpaired) electrons. The van der Waals surface area contributed by atoms with Crippen LogP contribution < -0.4 is 32.7 Å². The van der Waals surface area contributed by atoms with E-state index < -0.39 is 58.6 Å². The molecule has 2 aliphatic heterocycles. The van der Waals surface area contributed by atoms with Crippen molar-refractivity contribution >= 4 is 76.8 Å². The lowest BCUT2D eigenvalue weighted by molar-refractivity contribution is -0.198. The molecule has 3 fully saturated rings. The van der Waals surface area contributed by atoms with Gasteiger partial charge in [-0.15, -0.1) is 16.8 Å². The average molecular weight is 873 g/mol. The van der Waals surface area contributed by atoms with Gasteiger partial charge in [0.1, 0.15) is 12.6 Å². The van der Waals surface area contributed by atoms with Gasteiger partial charge in [-0.3, -0.25) is 38.5 Å². The molecule has 3 aliphatic rings. The van der Waals surface area contributed by atoms with Crippen LogP contribution in [0.2, 0.25) is 0 Å². The van der Waals surface area contributed by atoms with Gasteiger partial charge in [-0.2, -0.15) is 0 Å². The number of unbranched alkanes of at least 4 members (excludes halogenated alkanes) is 2. The Morgan fingerprint density at radius 3 is 2.21 bits per heavy atom. The van der Waals surface area contributed by atoms with E-state index in [2.05, 4.69) is 21.3 Å². The zero-order valence-electron chi connectivity index (χ0n) is 34.5. The largest absolute Gasteiger partial charge is 0.445 e.